The monoisotopic (exact) mass is 401 g/mol. The third kappa shape index (κ3) is 4.99. The van der Waals surface area contributed by atoms with Crippen molar-refractivity contribution >= 4 is 39.7 Å². The van der Waals surface area contributed by atoms with Gasteiger partial charge in [-0.1, -0.05) is 29.2 Å². The highest BCUT2D eigenvalue weighted by molar-refractivity contribution is 8.00. The van der Waals surface area contributed by atoms with Crippen molar-refractivity contribution < 1.29 is 14.3 Å². The molecule has 2 aromatic carbocycles. The molecule has 0 saturated heterocycles. The van der Waals surface area contributed by atoms with Crippen molar-refractivity contribution in [2.75, 3.05) is 19.5 Å². The Morgan fingerprint density at radius 3 is 2.74 bits per heavy atom. The third-order valence-electron chi connectivity index (χ3n) is 3.77. The van der Waals surface area contributed by atoms with Crippen molar-refractivity contribution in [3.63, 3.8) is 0 Å². The number of methoxy groups -OCH3 is 2. The van der Waals surface area contributed by atoms with Crippen molar-refractivity contribution in [1.82, 2.24) is 10.2 Å². The highest BCUT2D eigenvalue weighted by Crippen LogP contribution is 2.33. The summed E-state index contributed by atoms with van der Waals surface area (Å²) in [6.45, 7) is 1.56. The number of hydrogen-bond acceptors (Lipinski definition) is 8. The molecule has 0 aliphatic carbocycles. The Balaban J connectivity index is 1.67. The zero-order valence-electron chi connectivity index (χ0n) is 15.2. The number of ether oxygens (including phenoxy) is 2. The number of rotatable bonds is 8. The Morgan fingerprint density at radius 2 is 2.00 bits per heavy atom. The number of thioether (sulfide) groups is 1. The van der Waals surface area contributed by atoms with Gasteiger partial charge < -0.3 is 14.8 Å². The summed E-state index contributed by atoms with van der Waals surface area (Å²) in [4.78, 5) is 11.6. The van der Waals surface area contributed by atoms with Crippen molar-refractivity contribution in [2.24, 2.45) is 0 Å². The van der Waals surface area contributed by atoms with Gasteiger partial charge in [-0.2, -0.15) is 0 Å². The fourth-order valence-corrected chi connectivity index (χ4v) is 4.14. The largest absolute Gasteiger partial charge is 0.497 e. The minimum atomic E-state index is 0.0320. The Morgan fingerprint density at radius 1 is 1.15 bits per heavy atom. The predicted octanol–water partition coefficient (Wildman–Crippen LogP) is 4.79. The van der Waals surface area contributed by atoms with Crippen molar-refractivity contribution in [1.29, 1.82) is 0 Å². The van der Waals surface area contributed by atoms with Gasteiger partial charge in [-0.3, -0.25) is 4.79 Å². The highest BCUT2D eigenvalue weighted by atomic mass is 32.2. The van der Waals surface area contributed by atoms with E-state index in [9.17, 15) is 4.79 Å². The fourth-order valence-electron chi connectivity index (χ4n) is 2.39. The lowest BCUT2D eigenvalue weighted by Gasteiger charge is -2.08. The molecule has 3 rings (SSSR count). The Labute approximate surface area is 165 Å². The molecule has 0 radical (unpaired) electrons. The molecule has 3 aromatic rings. The van der Waals surface area contributed by atoms with Gasteiger partial charge >= 0.3 is 0 Å². The Kier molecular flexibility index (Phi) is 6.31. The molecule has 0 amide bonds. The van der Waals surface area contributed by atoms with E-state index >= 15 is 0 Å². The molecule has 0 spiro atoms. The van der Waals surface area contributed by atoms with Crippen LogP contribution in [0.3, 0.4) is 0 Å². The number of aromatic nitrogens is 2. The second-order valence-corrected chi connectivity index (χ2v) is 7.80. The van der Waals surface area contributed by atoms with E-state index in [1.165, 1.54) is 11.3 Å². The van der Waals surface area contributed by atoms with Gasteiger partial charge in [-0.05, 0) is 37.3 Å². The summed E-state index contributed by atoms with van der Waals surface area (Å²) in [5.41, 5.74) is 2.51. The SMILES string of the molecule is COc1cccc(Nc2nnc(SCc3cc(C(C)=O)ccc3OC)s2)c1. The molecule has 1 aromatic heterocycles. The van der Waals surface area contributed by atoms with Crippen molar-refractivity contribution in [2.45, 2.75) is 17.0 Å². The molecule has 0 saturated carbocycles. The van der Waals surface area contributed by atoms with Crippen LogP contribution in [0.25, 0.3) is 0 Å². The molecular weight excluding hydrogens is 382 g/mol. The van der Waals surface area contributed by atoms with E-state index in [4.69, 9.17) is 9.47 Å². The maximum atomic E-state index is 11.6. The van der Waals surface area contributed by atoms with Crippen LogP contribution < -0.4 is 14.8 Å². The molecule has 6 nitrogen and oxygen atoms in total. The maximum Gasteiger partial charge on any atom is 0.210 e. The van der Waals surface area contributed by atoms with Gasteiger partial charge in [0.2, 0.25) is 5.13 Å². The molecular formula is C19H19N3O3S2. The molecule has 8 heteroatoms. The van der Waals surface area contributed by atoms with Crippen LogP contribution in [0.15, 0.2) is 46.8 Å². The number of nitrogens with zero attached hydrogens (tertiary/aromatic N) is 2. The van der Waals surface area contributed by atoms with Crippen LogP contribution in [0.2, 0.25) is 0 Å². The number of anilines is 2. The molecule has 0 fully saturated rings. The number of benzene rings is 2. The van der Waals surface area contributed by atoms with Crippen LogP contribution in [0.5, 0.6) is 11.5 Å². The van der Waals surface area contributed by atoms with Crippen LogP contribution in [0.1, 0.15) is 22.8 Å². The standard InChI is InChI=1S/C19H19N3O3S2/c1-12(23)13-7-8-17(25-3)14(9-13)11-26-19-22-21-18(27-19)20-15-5-4-6-16(10-15)24-2/h4-10H,11H2,1-3H3,(H,20,21). The van der Waals surface area contributed by atoms with Crippen molar-refractivity contribution in [3.05, 3.63) is 53.6 Å². The number of nitrogens with one attached hydrogen (secondary N) is 1. The van der Waals surface area contributed by atoms with E-state index < -0.39 is 0 Å². The van der Waals surface area contributed by atoms with Crippen LogP contribution >= 0.6 is 23.1 Å². The van der Waals surface area contributed by atoms with E-state index in [-0.39, 0.29) is 5.78 Å². The summed E-state index contributed by atoms with van der Waals surface area (Å²) >= 11 is 3.02. The Bertz CT molecular complexity index is 943. The van der Waals surface area contributed by atoms with Gasteiger partial charge in [-0.15, -0.1) is 10.2 Å². The summed E-state index contributed by atoms with van der Waals surface area (Å²) in [5.74, 6) is 2.20. The van der Waals surface area contributed by atoms with E-state index in [1.54, 1.807) is 39.0 Å². The molecule has 0 atom stereocenters. The van der Waals surface area contributed by atoms with Crippen LogP contribution in [0, 0.1) is 0 Å². The quantitative estimate of drug-likeness (QED) is 0.429. The number of ketones is 1. The lowest BCUT2D eigenvalue weighted by molar-refractivity contribution is 0.101. The summed E-state index contributed by atoms with van der Waals surface area (Å²) in [5, 5.41) is 12.3. The first kappa shape index (κ1) is 19.2. The van der Waals surface area contributed by atoms with E-state index in [0.29, 0.717) is 16.4 Å². The first-order valence-corrected chi connectivity index (χ1v) is 9.94. The first-order valence-electron chi connectivity index (χ1n) is 8.14. The molecule has 140 valence electrons. The predicted molar refractivity (Wildman–Crippen MR) is 109 cm³/mol. The van der Waals surface area contributed by atoms with Gasteiger partial charge in [0.05, 0.1) is 14.2 Å². The number of Topliss-reactive ketones (excluding diaryl/α,β-unsaturated/α-hetero) is 1. The molecule has 0 aliphatic rings. The molecule has 1 N–H and O–H groups in total. The van der Waals surface area contributed by atoms with E-state index in [1.807, 2.05) is 36.4 Å². The van der Waals surface area contributed by atoms with Gasteiger partial charge in [0.1, 0.15) is 11.5 Å². The smallest absolute Gasteiger partial charge is 0.210 e. The number of hydrogen-bond donors (Lipinski definition) is 1. The zero-order valence-corrected chi connectivity index (χ0v) is 16.8. The second kappa shape index (κ2) is 8.88. The molecule has 27 heavy (non-hydrogen) atoms. The molecule has 0 bridgehead atoms. The zero-order chi connectivity index (χ0) is 19.2. The van der Waals surface area contributed by atoms with Crippen molar-refractivity contribution in [3.8, 4) is 11.5 Å². The molecule has 0 unspecified atom stereocenters. The van der Waals surface area contributed by atoms with Gasteiger partial charge in [-0.25, -0.2) is 0 Å². The fraction of sp³-hybridized carbons (Fsp3) is 0.211. The Hall–Kier alpha value is -2.58. The lowest BCUT2D eigenvalue weighted by Crippen LogP contribution is -1.96. The highest BCUT2D eigenvalue weighted by Gasteiger charge is 2.11. The summed E-state index contributed by atoms with van der Waals surface area (Å²) in [6, 6.07) is 13.1. The summed E-state index contributed by atoms with van der Waals surface area (Å²) < 4.78 is 11.4. The average Bonchev–Trinajstić information content (AvgIpc) is 3.13. The van der Waals surface area contributed by atoms with Crippen LogP contribution in [-0.4, -0.2) is 30.2 Å². The van der Waals surface area contributed by atoms with Gasteiger partial charge in [0.25, 0.3) is 0 Å². The lowest BCUT2D eigenvalue weighted by atomic mass is 10.1. The topological polar surface area (TPSA) is 73.3 Å². The van der Waals surface area contributed by atoms with E-state index in [0.717, 1.165) is 27.1 Å². The summed E-state index contributed by atoms with van der Waals surface area (Å²) in [6.07, 6.45) is 0. The van der Waals surface area contributed by atoms with E-state index in [2.05, 4.69) is 15.5 Å². The number of carbonyl (C=O) groups excluding carboxylic acids is 1. The minimum Gasteiger partial charge on any atom is -0.497 e. The second-order valence-electron chi connectivity index (χ2n) is 5.60. The van der Waals surface area contributed by atoms with Gasteiger partial charge in [0.15, 0.2) is 10.1 Å². The number of carbonyl (C=O) groups is 1. The maximum absolute atomic E-state index is 11.6. The third-order valence-corrected chi connectivity index (χ3v) is 5.79. The van der Waals surface area contributed by atoms with Crippen LogP contribution in [-0.2, 0) is 5.75 Å². The molecule has 1 heterocycles. The van der Waals surface area contributed by atoms with Crippen LogP contribution in [0.4, 0.5) is 10.8 Å². The average molecular weight is 402 g/mol. The van der Waals surface area contributed by atoms with Gasteiger partial charge in [0, 0.05) is 28.6 Å². The first-order chi connectivity index (χ1) is 13.1. The summed E-state index contributed by atoms with van der Waals surface area (Å²) in [7, 11) is 3.26. The molecule has 0 aliphatic heterocycles. The normalized spacial score (nSPS) is 10.5. The minimum absolute atomic E-state index is 0.0320.